The second-order valence-electron chi connectivity index (χ2n) is 7.46. The van der Waals surface area contributed by atoms with Gasteiger partial charge in [0.2, 0.25) is 10.0 Å². The van der Waals surface area contributed by atoms with E-state index in [-0.39, 0.29) is 5.25 Å². The van der Waals surface area contributed by atoms with Gasteiger partial charge in [-0.1, -0.05) is 6.42 Å². The monoisotopic (exact) mass is 337 g/mol. The molecule has 1 N–H and O–H groups in total. The van der Waals surface area contributed by atoms with Crippen molar-refractivity contribution in [2.75, 3.05) is 13.1 Å². The van der Waals surface area contributed by atoms with Crippen LogP contribution in [0.25, 0.3) is 0 Å². The van der Waals surface area contributed by atoms with E-state index in [1.165, 1.54) is 25.0 Å². The van der Waals surface area contributed by atoms with Crippen LogP contribution in [-0.2, 0) is 23.1 Å². The molecule has 1 aromatic rings. The Labute approximate surface area is 139 Å². The van der Waals surface area contributed by atoms with Gasteiger partial charge in [0.1, 0.15) is 0 Å². The third-order valence-corrected chi connectivity index (χ3v) is 7.60. The van der Waals surface area contributed by atoms with Gasteiger partial charge in [0.25, 0.3) is 0 Å². The van der Waals surface area contributed by atoms with Crippen molar-refractivity contribution in [3.05, 3.63) is 24.0 Å². The molecular formula is C17H27N3O2S. The molecule has 23 heavy (non-hydrogen) atoms. The average molecular weight is 337 g/mol. The standard InChI is InChI=1S/C17H27N3O2S/c21-23(22,17-6-7-17)18-9-8-14-11-19-10-2-5-16(19)13-20(12-14)15-3-1-4-15/h2,5,10,14-15,17-18H,1,3-4,6-9,11-13H2/t14-/m0/s1. The summed E-state index contributed by atoms with van der Waals surface area (Å²) in [5.41, 5.74) is 1.40. The van der Waals surface area contributed by atoms with E-state index in [9.17, 15) is 8.42 Å². The summed E-state index contributed by atoms with van der Waals surface area (Å²) in [4.78, 5) is 2.63. The van der Waals surface area contributed by atoms with Gasteiger partial charge >= 0.3 is 0 Å². The third-order valence-electron chi connectivity index (χ3n) is 5.65. The van der Waals surface area contributed by atoms with Gasteiger partial charge < -0.3 is 4.57 Å². The molecule has 0 aromatic carbocycles. The van der Waals surface area contributed by atoms with E-state index < -0.39 is 10.0 Å². The lowest BCUT2D eigenvalue weighted by molar-refractivity contribution is 0.102. The first-order chi connectivity index (χ1) is 11.1. The van der Waals surface area contributed by atoms with Crippen LogP contribution in [0.1, 0.15) is 44.2 Å². The van der Waals surface area contributed by atoms with Crippen LogP contribution >= 0.6 is 0 Å². The van der Waals surface area contributed by atoms with Crippen molar-refractivity contribution >= 4 is 10.0 Å². The minimum Gasteiger partial charge on any atom is -0.350 e. The van der Waals surface area contributed by atoms with Crippen LogP contribution in [0.5, 0.6) is 0 Å². The zero-order valence-electron chi connectivity index (χ0n) is 13.7. The summed E-state index contributed by atoms with van der Waals surface area (Å²) in [7, 11) is -3.04. The highest BCUT2D eigenvalue weighted by Gasteiger charge is 2.35. The quantitative estimate of drug-likeness (QED) is 0.863. The Morgan fingerprint density at radius 3 is 2.70 bits per heavy atom. The number of nitrogens with zero attached hydrogens (tertiary/aromatic N) is 2. The number of rotatable bonds is 6. The maximum Gasteiger partial charge on any atom is 0.214 e. The van der Waals surface area contributed by atoms with Gasteiger partial charge in [0.05, 0.1) is 5.25 Å². The fourth-order valence-electron chi connectivity index (χ4n) is 3.83. The van der Waals surface area contributed by atoms with Gasteiger partial charge in [-0.05, 0) is 50.2 Å². The summed E-state index contributed by atoms with van der Waals surface area (Å²) in [5.74, 6) is 0.520. The van der Waals surface area contributed by atoms with Crippen LogP contribution in [0.15, 0.2) is 18.3 Å². The molecule has 0 saturated heterocycles. The Bertz CT molecular complexity index is 647. The Kier molecular flexibility index (Phi) is 4.24. The second-order valence-corrected chi connectivity index (χ2v) is 9.50. The third kappa shape index (κ3) is 3.49. The predicted octanol–water partition coefficient (Wildman–Crippen LogP) is 1.94. The SMILES string of the molecule is O=S(=O)(NCC[C@@H]1CN(C2CCC2)Cc2cccn2C1)C1CC1. The molecule has 0 spiro atoms. The van der Waals surface area contributed by atoms with Crippen molar-refractivity contribution in [3.8, 4) is 0 Å². The topological polar surface area (TPSA) is 54.3 Å². The number of hydrogen-bond donors (Lipinski definition) is 1. The molecule has 2 heterocycles. The molecule has 2 aliphatic carbocycles. The second kappa shape index (κ2) is 6.22. The highest BCUT2D eigenvalue weighted by molar-refractivity contribution is 7.90. The molecule has 0 radical (unpaired) electrons. The minimum absolute atomic E-state index is 0.112. The van der Waals surface area contributed by atoms with Crippen molar-refractivity contribution in [1.82, 2.24) is 14.2 Å². The van der Waals surface area contributed by atoms with Crippen molar-refractivity contribution < 1.29 is 8.42 Å². The summed E-state index contributed by atoms with van der Waals surface area (Å²) in [6.07, 6.45) is 8.76. The van der Waals surface area contributed by atoms with Gasteiger partial charge in [0, 0.05) is 44.1 Å². The number of hydrogen-bond acceptors (Lipinski definition) is 3. The first kappa shape index (κ1) is 15.7. The highest BCUT2D eigenvalue weighted by Crippen LogP contribution is 2.30. The number of nitrogens with one attached hydrogen (secondary N) is 1. The highest BCUT2D eigenvalue weighted by atomic mass is 32.2. The van der Waals surface area contributed by atoms with Crippen molar-refractivity contribution in [2.24, 2.45) is 5.92 Å². The summed E-state index contributed by atoms with van der Waals surface area (Å²) >= 11 is 0. The molecule has 1 aliphatic heterocycles. The molecule has 0 amide bonds. The Morgan fingerprint density at radius 2 is 2.00 bits per heavy atom. The molecule has 5 nitrogen and oxygen atoms in total. The summed E-state index contributed by atoms with van der Waals surface area (Å²) < 4.78 is 29.1. The Morgan fingerprint density at radius 1 is 1.17 bits per heavy atom. The van der Waals surface area contributed by atoms with Crippen LogP contribution in [0.4, 0.5) is 0 Å². The number of sulfonamides is 1. The van der Waals surface area contributed by atoms with Gasteiger partial charge in [0.15, 0.2) is 0 Å². The smallest absolute Gasteiger partial charge is 0.214 e. The van der Waals surface area contributed by atoms with Crippen LogP contribution < -0.4 is 4.72 Å². The van der Waals surface area contributed by atoms with E-state index in [1.54, 1.807) is 0 Å². The van der Waals surface area contributed by atoms with E-state index in [4.69, 9.17) is 0 Å². The molecule has 6 heteroatoms. The zero-order valence-corrected chi connectivity index (χ0v) is 14.5. The zero-order chi connectivity index (χ0) is 15.9. The lowest BCUT2D eigenvalue weighted by Gasteiger charge is -2.38. The molecule has 2 fully saturated rings. The van der Waals surface area contributed by atoms with Gasteiger partial charge in [-0.2, -0.15) is 0 Å². The lowest BCUT2D eigenvalue weighted by atomic mass is 9.90. The maximum atomic E-state index is 12.0. The van der Waals surface area contributed by atoms with Crippen LogP contribution in [0.3, 0.4) is 0 Å². The molecule has 0 bridgehead atoms. The normalized spacial score (nSPS) is 26.5. The maximum absolute atomic E-state index is 12.0. The largest absolute Gasteiger partial charge is 0.350 e. The minimum atomic E-state index is -3.04. The average Bonchev–Trinajstić information content (AvgIpc) is 3.23. The van der Waals surface area contributed by atoms with Crippen LogP contribution in [-0.4, -0.2) is 42.3 Å². The van der Waals surface area contributed by atoms with Crippen LogP contribution in [0.2, 0.25) is 0 Å². The van der Waals surface area contributed by atoms with E-state index >= 15 is 0 Å². The molecule has 128 valence electrons. The lowest BCUT2D eigenvalue weighted by Crippen LogP contribution is -2.42. The fraction of sp³-hybridized carbons (Fsp3) is 0.765. The van der Waals surface area contributed by atoms with E-state index in [2.05, 4.69) is 32.5 Å². The Balaban J connectivity index is 1.38. The summed E-state index contributed by atoms with van der Waals surface area (Å²) in [6, 6.07) is 5.10. The molecule has 4 rings (SSSR count). The number of fused-ring (bicyclic) bond motifs is 1. The van der Waals surface area contributed by atoms with E-state index in [0.29, 0.717) is 12.5 Å². The molecule has 1 aromatic heterocycles. The summed E-state index contributed by atoms with van der Waals surface area (Å²) in [5, 5.41) is -0.112. The van der Waals surface area contributed by atoms with Crippen molar-refractivity contribution in [1.29, 1.82) is 0 Å². The molecule has 0 unspecified atom stereocenters. The van der Waals surface area contributed by atoms with Crippen molar-refractivity contribution in [2.45, 2.75) is 62.9 Å². The van der Waals surface area contributed by atoms with E-state index in [0.717, 1.165) is 44.9 Å². The van der Waals surface area contributed by atoms with E-state index in [1.807, 2.05) is 0 Å². The fourth-order valence-corrected chi connectivity index (χ4v) is 5.22. The van der Waals surface area contributed by atoms with Gasteiger partial charge in [-0.3, -0.25) is 4.90 Å². The van der Waals surface area contributed by atoms with Gasteiger partial charge in [-0.25, -0.2) is 13.1 Å². The first-order valence-corrected chi connectivity index (χ1v) is 10.5. The van der Waals surface area contributed by atoms with Crippen LogP contribution in [0, 0.1) is 5.92 Å². The molecular weight excluding hydrogens is 310 g/mol. The summed E-state index contributed by atoms with van der Waals surface area (Å²) in [6.45, 7) is 3.73. The predicted molar refractivity (Wildman–Crippen MR) is 90.5 cm³/mol. The molecule has 2 saturated carbocycles. The van der Waals surface area contributed by atoms with Crippen molar-refractivity contribution in [3.63, 3.8) is 0 Å². The first-order valence-electron chi connectivity index (χ1n) is 8.98. The molecule has 1 atom stereocenters. The molecule has 3 aliphatic rings. The van der Waals surface area contributed by atoms with Gasteiger partial charge in [-0.15, -0.1) is 0 Å². The number of aromatic nitrogens is 1. The Hall–Kier alpha value is -0.850.